The van der Waals surface area contributed by atoms with Gasteiger partial charge in [-0.05, 0) is 34.5 Å². The lowest BCUT2D eigenvalue weighted by Gasteiger charge is -2.11. The Morgan fingerprint density at radius 1 is 1.59 bits per heavy atom. The Labute approximate surface area is 107 Å². The number of rotatable bonds is 2. The number of nitrogens with zero attached hydrogens (tertiary/aromatic N) is 2. The lowest BCUT2D eigenvalue weighted by atomic mass is 10.2. The van der Waals surface area contributed by atoms with Crippen molar-refractivity contribution in [2.75, 3.05) is 13.6 Å². The lowest BCUT2D eigenvalue weighted by molar-refractivity contribution is -0.128. The molecule has 0 aromatic carbocycles. The fourth-order valence-electron chi connectivity index (χ4n) is 1.72. The first kappa shape index (κ1) is 12.0. The number of likely N-dealkylation sites (N-methyl/N-ethyl adjacent to an activating group) is 1. The Bertz CT molecular complexity index is 464. The highest BCUT2D eigenvalue weighted by Gasteiger charge is 2.30. The van der Waals surface area contributed by atoms with Crippen LogP contribution in [0.2, 0.25) is 0 Å². The predicted octanol–water partition coefficient (Wildman–Crippen LogP) is 0.805. The van der Waals surface area contributed by atoms with Gasteiger partial charge in [-0.15, -0.1) is 0 Å². The first-order chi connectivity index (χ1) is 8.08. The summed E-state index contributed by atoms with van der Waals surface area (Å²) in [6.45, 7) is 0.676. The molecule has 1 saturated heterocycles. The summed E-state index contributed by atoms with van der Waals surface area (Å²) in [5.41, 5.74) is 0.307. The van der Waals surface area contributed by atoms with Crippen LogP contribution in [0.15, 0.2) is 22.8 Å². The van der Waals surface area contributed by atoms with Crippen molar-refractivity contribution in [3.8, 4) is 0 Å². The van der Waals surface area contributed by atoms with Crippen LogP contribution in [0.3, 0.4) is 0 Å². The summed E-state index contributed by atoms with van der Waals surface area (Å²) in [5.74, 6) is -0.367. The molecule has 0 aliphatic carbocycles. The van der Waals surface area contributed by atoms with Crippen molar-refractivity contribution >= 4 is 27.7 Å². The van der Waals surface area contributed by atoms with E-state index < -0.39 is 6.04 Å². The number of amides is 2. The second-order valence-corrected chi connectivity index (χ2v) is 4.73. The van der Waals surface area contributed by atoms with Gasteiger partial charge in [-0.2, -0.15) is 0 Å². The summed E-state index contributed by atoms with van der Waals surface area (Å²) in [5, 5.41) is 2.69. The van der Waals surface area contributed by atoms with Gasteiger partial charge in [0.25, 0.3) is 5.91 Å². The molecule has 2 amide bonds. The summed E-state index contributed by atoms with van der Waals surface area (Å²) in [4.78, 5) is 29.1. The molecule has 17 heavy (non-hydrogen) atoms. The minimum absolute atomic E-state index is 0.0478. The Hall–Kier alpha value is -1.43. The third-order valence-electron chi connectivity index (χ3n) is 2.68. The van der Waals surface area contributed by atoms with Crippen LogP contribution < -0.4 is 5.32 Å². The number of aromatic nitrogens is 1. The van der Waals surface area contributed by atoms with Gasteiger partial charge < -0.3 is 10.2 Å². The van der Waals surface area contributed by atoms with Gasteiger partial charge in [-0.1, -0.05) is 6.07 Å². The zero-order valence-electron chi connectivity index (χ0n) is 9.31. The number of pyridine rings is 1. The van der Waals surface area contributed by atoms with Crippen molar-refractivity contribution in [3.05, 3.63) is 28.5 Å². The van der Waals surface area contributed by atoms with E-state index in [2.05, 4.69) is 26.2 Å². The van der Waals surface area contributed by atoms with Crippen LogP contribution in [0.25, 0.3) is 0 Å². The fourth-order valence-corrected chi connectivity index (χ4v) is 2.07. The quantitative estimate of drug-likeness (QED) is 0.822. The molecule has 0 radical (unpaired) electrons. The monoisotopic (exact) mass is 297 g/mol. The molecule has 0 bridgehead atoms. The molecule has 1 fully saturated rings. The molecule has 1 atom stereocenters. The average Bonchev–Trinajstić information content (AvgIpc) is 2.61. The highest BCUT2D eigenvalue weighted by atomic mass is 79.9. The minimum atomic E-state index is -0.423. The second kappa shape index (κ2) is 4.83. The molecule has 1 N–H and O–H groups in total. The van der Waals surface area contributed by atoms with Crippen molar-refractivity contribution in [1.82, 2.24) is 15.2 Å². The SMILES string of the molecule is CN1CCC(NC(=O)c2cccc(Br)n2)C1=O. The van der Waals surface area contributed by atoms with Gasteiger partial charge >= 0.3 is 0 Å². The van der Waals surface area contributed by atoms with E-state index >= 15 is 0 Å². The minimum Gasteiger partial charge on any atom is -0.344 e. The summed E-state index contributed by atoms with van der Waals surface area (Å²) < 4.78 is 0.597. The van der Waals surface area contributed by atoms with E-state index in [0.717, 1.165) is 0 Å². The molecule has 5 nitrogen and oxygen atoms in total. The van der Waals surface area contributed by atoms with Crippen molar-refractivity contribution in [1.29, 1.82) is 0 Å². The average molecular weight is 298 g/mol. The molecule has 1 aromatic heterocycles. The summed E-state index contributed by atoms with van der Waals surface area (Å²) in [6, 6.07) is 4.66. The van der Waals surface area contributed by atoms with Crippen molar-refractivity contribution < 1.29 is 9.59 Å². The Balaban J connectivity index is 2.05. The zero-order valence-corrected chi connectivity index (χ0v) is 10.9. The highest BCUT2D eigenvalue weighted by Crippen LogP contribution is 2.10. The van der Waals surface area contributed by atoms with Crippen LogP contribution in [0.4, 0.5) is 0 Å². The van der Waals surface area contributed by atoms with Gasteiger partial charge in [0.15, 0.2) is 0 Å². The third-order valence-corrected chi connectivity index (χ3v) is 3.12. The van der Waals surface area contributed by atoms with E-state index in [1.54, 1.807) is 30.1 Å². The lowest BCUT2D eigenvalue weighted by Crippen LogP contribution is -2.40. The van der Waals surface area contributed by atoms with Gasteiger partial charge in [-0.3, -0.25) is 9.59 Å². The fraction of sp³-hybridized carbons (Fsp3) is 0.364. The molecule has 1 aliphatic heterocycles. The number of carbonyl (C=O) groups excluding carboxylic acids is 2. The van der Waals surface area contributed by atoms with Crippen LogP contribution in [0.5, 0.6) is 0 Å². The normalized spacial score (nSPS) is 19.5. The summed E-state index contributed by atoms with van der Waals surface area (Å²) in [6.07, 6.45) is 0.648. The third kappa shape index (κ3) is 2.63. The number of nitrogens with one attached hydrogen (secondary N) is 1. The summed E-state index contributed by atoms with van der Waals surface area (Å²) in [7, 11) is 1.73. The predicted molar refractivity (Wildman–Crippen MR) is 65.4 cm³/mol. The van der Waals surface area contributed by atoms with Gasteiger partial charge in [0.1, 0.15) is 16.3 Å². The molecular weight excluding hydrogens is 286 g/mol. The zero-order chi connectivity index (χ0) is 12.4. The molecule has 90 valence electrons. The largest absolute Gasteiger partial charge is 0.344 e. The number of carbonyl (C=O) groups is 2. The van der Waals surface area contributed by atoms with Crippen LogP contribution in [-0.4, -0.2) is 41.3 Å². The molecule has 1 unspecified atom stereocenters. The smallest absolute Gasteiger partial charge is 0.270 e. The second-order valence-electron chi connectivity index (χ2n) is 3.92. The topological polar surface area (TPSA) is 62.3 Å². The van der Waals surface area contributed by atoms with Gasteiger partial charge in [0.2, 0.25) is 5.91 Å². The molecule has 6 heteroatoms. The first-order valence-corrected chi connectivity index (χ1v) is 6.05. The van der Waals surface area contributed by atoms with E-state index in [4.69, 9.17) is 0 Å². The molecule has 0 saturated carbocycles. The van der Waals surface area contributed by atoms with E-state index in [1.165, 1.54) is 0 Å². The maximum Gasteiger partial charge on any atom is 0.270 e. The standard InChI is InChI=1S/C11H12BrN3O2/c1-15-6-5-8(11(15)17)14-10(16)7-3-2-4-9(12)13-7/h2-4,8H,5-6H2,1H3,(H,14,16). The van der Waals surface area contributed by atoms with Gasteiger partial charge in [0.05, 0.1) is 0 Å². The van der Waals surface area contributed by atoms with Crippen LogP contribution in [0, 0.1) is 0 Å². The van der Waals surface area contributed by atoms with E-state index in [1.807, 2.05) is 0 Å². The molecule has 0 spiro atoms. The van der Waals surface area contributed by atoms with Gasteiger partial charge in [-0.25, -0.2) is 4.98 Å². The van der Waals surface area contributed by atoms with Crippen LogP contribution in [0.1, 0.15) is 16.9 Å². The molecule has 2 heterocycles. The maximum atomic E-state index is 11.8. The Morgan fingerprint density at radius 3 is 2.94 bits per heavy atom. The molecule has 2 rings (SSSR count). The van der Waals surface area contributed by atoms with Crippen molar-refractivity contribution in [2.45, 2.75) is 12.5 Å². The van der Waals surface area contributed by atoms with Gasteiger partial charge in [0, 0.05) is 13.6 Å². The van der Waals surface area contributed by atoms with Crippen molar-refractivity contribution in [2.24, 2.45) is 0 Å². The number of hydrogen-bond acceptors (Lipinski definition) is 3. The van der Waals surface area contributed by atoms with E-state index in [0.29, 0.717) is 23.3 Å². The van der Waals surface area contributed by atoms with Crippen LogP contribution >= 0.6 is 15.9 Å². The highest BCUT2D eigenvalue weighted by molar-refractivity contribution is 9.10. The summed E-state index contributed by atoms with van der Waals surface area (Å²) >= 11 is 3.20. The molecule has 1 aromatic rings. The Kier molecular flexibility index (Phi) is 3.42. The molecule has 1 aliphatic rings. The van der Waals surface area contributed by atoms with Crippen molar-refractivity contribution in [3.63, 3.8) is 0 Å². The number of halogens is 1. The maximum absolute atomic E-state index is 11.8. The first-order valence-electron chi connectivity index (χ1n) is 5.26. The number of likely N-dealkylation sites (tertiary alicyclic amines) is 1. The Morgan fingerprint density at radius 2 is 2.35 bits per heavy atom. The van der Waals surface area contributed by atoms with E-state index in [9.17, 15) is 9.59 Å². The van der Waals surface area contributed by atoms with E-state index in [-0.39, 0.29) is 11.8 Å². The van der Waals surface area contributed by atoms with Crippen LogP contribution in [-0.2, 0) is 4.79 Å². The number of hydrogen-bond donors (Lipinski definition) is 1. The molecular formula is C11H12BrN3O2.